The van der Waals surface area contributed by atoms with Crippen LogP contribution in [0.2, 0.25) is 5.02 Å². The lowest BCUT2D eigenvalue weighted by atomic mass is 9.82. The van der Waals surface area contributed by atoms with E-state index in [4.69, 9.17) is 16.6 Å². The Morgan fingerprint density at radius 3 is 2.68 bits per heavy atom. The van der Waals surface area contributed by atoms with Gasteiger partial charge in [0, 0.05) is 36.1 Å². The molecule has 0 radical (unpaired) electrons. The quantitative estimate of drug-likeness (QED) is 0.321. The lowest BCUT2D eigenvalue weighted by Gasteiger charge is -2.31. The van der Waals surface area contributed by atoms with Crippen LogP contribution in [-0.2, 0) is 6.54 Å². The Kier molecular flexibility index (Phi) is 7.85. The Labute approximate surface area is 225 Å². The maximum absolute atomic E-state index is 6.49. The normalized spacial score (nSPS) is 17.4. The van der Waals surface area contributed by atoms with Crippen molar-refractivity contribution in [3.8, 4) is 11.1 Å². The molecule has 0 saturated heterocycles. The molecule has 6 heteroatoms. The molecule has 3 aromatic rings. The number of rotatable bonds is 8. The third-order valence-corrected chi connectivity index (χ3v) is 7.28. The van der Waals surface area contributed by atoms with E-state index in [0.717, 1.165) is 60.8 Å². The highest BCUT2D eigenvalue weighted by molar-refractivity contribution is 6.33. The predicted molar refractivity (Wildman–Crippen MR) is 158 cm³/mol. The van der Waals surface area contributed by atoms with Crippen molar-refractivity contribution >= 4 is 35.0 Å². The number of aliphatic imine (C=N–C) groups is 2. The summed E-state index contributed by atoms with van der Waals surface area (Å²) in [5, 5.41) is 7.76. The van der Waals surface area contributed by atoms with Crippen LogP contribution in [0.25, 0.3) is 11.1 Å². The van der Waals surface area contributed by atoms with Gasteiger partial charge < -0.3 is 15.5 Å². The SMILES string of the molecule is Cc1cccc(Cl)c1N=C1Nc2ccc(-c3ccc(CNCCCN(C)C)cc3)cc2C2CC=NC=C12. The van der Waals surface area contributed by atoms with Crippen molar-refractivity contribution in [2.45, 2.75) is 32.2 Å². The maximum atomic E-state index is 6.49. The first-order valence-corrected chi connectivity index (χ1v) is 13.3. The van der Waals surface area contributed by atoms with Gasteiger partial charge in [-0.05, 0) is 93.0 Å². The standard InChI is InChI=1S/C31H34ClN5/c1-21-6-4-7-28(32)30(21)36-31-27-20-34-16-14-25(27)26-18-24(12-13-29(26)35-31)23-10-8-22(9-11-23)19-33-15-5-17-37(2)3/h4,6-13,16,18,20,25,33H,5,14-15,17,19H2,1-3H3,(H,35,36). The van der Waals surface area contributed by atoms with Crippen LogP contribution in [0, 0.1) is 6.92 Å². The Bertz CT molecular complexity index is 1330. The van der Waals surface area contributed by atoms with Crippen LogP contribution in [0.4, 0.5) is 11.4 Å². The molecule has 5 nitrogen and oxygen atoms in total. The largest absolute Gasteiger partial charge is 0.340 e. The molecular formula is C31H34ClN5. The molecular weight excluding hydrogens is 478 g/mol. The topological polar surface area (TPSA) is 52.0 Å². The van der Waals surface area contributed by atoms with E-state index in [1.807, 2.05) is 37.5 Å². The van der Waals surface area contributed by atoms with E-state index in [9.17, 15) is 0 Å². The van der Waals surface area contributed by atoms with Gasteiger partial charge in [-0.25, -0.2) is 4.99 Å². The maximum Gasteiger partial charge on any atom is 0.136 e. The van der Waals surface area contributed by atoms with Gasteiger partial charge >= 0.3 is 0 Å². The average molecular weight is 512 g/mol. The zero-order valence-corrected chi connectivity index (χ0v) is 22.5. The van der Waals surface area contributed by atoms with Crippen LogP contribution in [-0.4, -0.2) is 44.1 Å². The van der Waals surface area contributed by atoms with Gasteiger partial charge in [-0.1, -0.05) is 54.1 Å². The van der Waals surface area contributed by atoms with Crippen molar-refractivity contribution in [2.24, 2.45) is 9.98 Å². The van der Waals surface area contributed by atoms with Crippen molar-refractivity contribution in [2.75, 3.05) is 32.5 Å². The third kappa shape index (κ3) is 5.85. The van der Waals surface area contributed by atoms with E-state index < -0.39 is 0 Å². The second-order valence-electron chi connectivity index (χ2n) is 10.0. The second-order valence-corrected chi connectivity index (χ2v) is 10.4. The van der Waals surface area contributed by atoms with Gasteiger partial charge in [0.15, 0.2) is 0 Å². The van der Waals surface area contributed by atoms with Crippen molar-refractivity contribution < 1.29 is 0 Å². The number of hydrogen-bond donors (Lipinski definition) is 2. The molecule has 1 atom stereocenters. The monoisotopic (exact) mass is 511 g/mol. The van der Waals surface area contributed by atoms with Crippen molar-refractivity contribution in [1.29, 1.82) is 0 Å². The molecule has 1 unspecified atom stereocenters. The zero-order valence-electron chi connectivity index (χ0n) is 21.8. The molecule has 3 aromatic carbocycles. The number of hydrogen-bond acceptors (Lipinski definition) is 4. The molecule has 0 fully saturated rings. The number of anilines is 1. The smallest absolute Gasteiger partial charge is 0.136 e. The van der Waals surface area contributed by atoms with E-state index in [-0.39, 0.29) is 5.92 Å². The summed E-state index contributed by atoms with van der Waals surface area (Å²) in [6.07, 6.45) is 5.93. The number of halogens is 1. The highest BCUT2D eigenvalue weighted by Crippen LogP contribution is 2.42. The molecule has 0 bridgehead atoms. The molecule has 2 N–H and O–H groups in total. The van der Waals surface area contributed by atoms with Crippen LogP contribution in [0.15, 0.2) is 82.4 Å². The van der Waals surface area contributed by atoms with Crippen LogP contribution >= 0.6 is 11.6 Å². The summed E-state index contributed by atoms with van der Waals surface area (Å²) in [6, 6.07) is 21.4. The zero-order chi connectivity index (χ0) is 25.8. The lowest BCUT2D eigenvalue weighted by Crippen LogP contribution is -2.27. The first-order valence-electron chi connectivity index (χ1n) is 12.9. The number of fused-ring (bicyclic) bond motifs is 3. The number of benzene rings is 3. The molecule has 0 amide bonds. The molecule has 2 aliphatic rings. The molecule has 190 valence electrons. The number of para-hydroxylation sites is 1. The van der Waals surface area contributed by atoms with Gasteiger partial charge in [0.05, 0.1) is 10.7 Å². The van der Waals surface area contributed by atoms with Gasteiger partial charge in [0.2, 0.25) is 0 Å². The predicted octanol–water partition coefficient (Wildman–Crippen LogP) is 6.95. The number of nitrogens with one attached hydrogen (secondary N) is 2. The van der Waals surface area contributed by atoms with E-state index in [0.29, 0.717) is 5.02 Å². The molecule has 0 aromatic heterocycles. The number of aryl methyl sites for hydroxylation is 1. The summed E-state index contributed by atoms with van der Waals surface area (Å²) in [4.78, 5) is 11.6. The van der Waals surface area contributed by atoms with Gasteiger partial charge in [-0.2, -0.15) is 0 Å². The molecule has 37 heavy (non-hydrogen) atoms. The summed E-state index contributed by atoms with van der Waals surface area (Å²) in [6.45, 7) is 5.06. The average Bonchev–Trinajstić information content (AvgIpc) is 2.90. The Morgan fingerprint density at radius 2 is 1.89 bits per heavy atom. The summed E-state index contributed by atoms with van der Waals surface area (Å²) in [5.74, 6) is 1.03. The van der Waals surface area contributed by atoms with Gasteiger partial charge in [0.1, 0.15) is 5.84 Å². The lowest BCUT2D eigenvalue weighted by molar-refractivity contribution is 0.394. The fourth-order valence-corrected chi connectivity index (χ4v) is 5.18. The molecule has 0 aliphatic carbocycles. The van der Waals surface area contributed by atoms with Crippen molar-refractivity contribution in [3.05, 3.63) is 94.1 Å². The fraction of sp³-hybridized carbons (Fsp3) is 0.290. The minimum absolute atomic E-state index is 0.209. The van der Waals surface area contributed by atoms with E-state index in [1.54, 1.807) is 0 Å². The fourth-order valence-electron chi connectivity index (χ4n) is 4.92. The first-order chi connectivity index (χ1) is 18.0. The third-order valence-electron chi connectivity index (χ3n) is 6.98. The summed E-state index contributed by atoms with van der Waals surface area (Å²) >= 11 is 6.49. The Balaban J connectivity index is 1.36. The second kappa shape index (κ2) is 11.4. The number of amidine groups is 1. The molecule has 2 heterocycles. The first kappa shape index (κ1) is 25.4. The molecule has 0 spiro atoms. The van der Waals surface area contributed by atoms with Crippen molar-refractivity contribution in [3.63, 3.8) is 0 Å². The molecule has 5 rings (SSSR count). The van der Waals surface area contributed by atoms with E-state index in [1.165, 1.54) is 22.3 Å². The van der Waals surface area contributed by atoms with Gasteiger partial charge in [0.25, 0.3) is 0 Å². The van der Waals surface area contributed by atoms with Gasteiger partial charge in [-0.15, -0.1) is 0 Å². The van der Waals surface area contributed by atoms with Crippen LogP contribution < -0.4 is 10.6 Å². The van der Waals surface area contributed by atoms with Gasteiger partial charge in [-0.3, -0.25) is 4.99 Å². The highest BCUT2D eigenvalue weighted by Gasteiger charge is 2.30. The minimum atomic E-state index is 0.209. The van der Waals surface area contributed by atoms with Crippen LogP contribution in [0.3, 0.4) is 0 Å². The Morgan fingerprint density at radius 1 is 1.08 bits per heavy atom. The summed E-state index contributed by atoms with van der Waals surface area (Å²) in [5.41, 5.74) is 9.05. The van der Waals surface area contributed by atoms with Crippen LogP contribution in [0.1, 0.15) is 35.4 Å². The number of nitrogens with zero attached hydrogens (tertiary/aromatic N) is 3. The van der Waals surface area contributed by atoms with Crippen molar-refractivity contribution in [1.82, 2.24) is 10.2 Å². The molecule has 2 aliphatic heterocycles. The Hall–Kier alpha value is -3.25. The highest BCUT2D eigenvalue weighted by atomic mass is 35.5. The molecule has 0 saturated carbocycles. The summed E-state index contributed by atoms with van der Waals surface area (Å²) < 4.78 is 0. The van der Waals surface area contributed by atoms with Crippen LogP contribution in [0.5, 0.6) is 0 Å². The van der Waals surface area contributed by atoms with E-state index >= 15 is 0 Å². The summed E-state index contributed by atoms with van der Waals surface area (Å²) in [7, 11) is 4.23. The van der Waals surface area contributed by atoms with E-state index in [2.05, 4.69) is 77.1 Å². The minimum Gasteiger partial charge on any atom is -0.340 e.